The minimum Gasteiger partial charge on any atom is -0.369 e. The molecule has 0 saturated carbocycles. The average Bonchev–Trinajstić information content (AvgIpc) is 2.45. The topological polar surface area (TPSA) is 79.2 Å². The summed E-state index contributed by atoms with van der Waals surface area (Å²) in [6, 6.07) is 6.91. The highest BCUT2D eigenvalue weighted by Gasteiger charge is 2.26. The summed E-state index contributed by atoms with van der Waals surface area (Å²) in [5, 5.41) is 10.2. The highest BCUT2D eigenvalue weighted by atomic mass is 32.1. The number of amides is 1. The fourth-order valence-electron chi connectivity index (χ4n) is 1.87. The van der Waals surface area contributed by atoms with Gasteiger partial charge in [0.15, 0.2) is 5.11 Å². The summed E-state index contributed by atoms with van der Waals surface area (Å²) >= 11 is 5.40. The van der Waals surface area contributed by atoms with E-state index >= 15 is 0 Å². The fourth-order valence-corrected chi connectivity index (χ4v) is 2.11. The summed E-state index contributed by atoms with van der Waals surface area (Å²) < 4.78 is 0. The fraction of sp³-hybridized carbons (Fsp3) is 0.444. The van der Waals surface area contributed by atoms with E-state index in [4.69, 9.17) is 18.0 Å². The molecule has 24 heavy (non-hydrogen) atoms. The molecule has 132 valence electrons. The second-order valence-electron chi connectivity index (χ2n) is 7.17. The molecule has 1 unspecified atom stereocenters. The maximum absolute atomic E-state index is 11.3. The summed E-state index contributed by atoms with van der Waals surface area (Å²) in [4.78, 5) is 11.3. The van der Waals surface area contributed by atoms with Crippen LogP contribution in [0.15, 0.2) is 36.5 Å². The van der Waals surface area contributed by atoms with Crippen LogP contribution < -0.4 is 21.7 Å². The molecule has 0 aliphatic heterocycles. The molecule has 1 aromatic rings. The summed E-state index contributed by atoms with van der Waals surface area (Å²) in [7, 11) is 0. The van der Waals surface area contributed by atoms with Crippen molar-refractivity contribution in [1.29, 1.82) is 0 Å². The predicted octanol–water partition coefficient (Wildman–Crippen LogP) is 3.20. The van der Waals surface area contributed by atoms with Crippen LogP contribution in [0.5, 0.6) is 0 Å². The number of benzene rings is 1. The third-order valence-electron chi connectivity index (χ3n) is 3.57. The number of anilines is 1. The van der Waals surface area contributed by atoms with Gasteiger partial charge in [-0.15, -0.1) is 0 Å². The van der Waals surface area contributed by atoms with Crippen molar-refractivity contribution < 1.29 is 4.79 Å². The van der Waals surface area contributed by atoms with Gasteiger partial charge in [0.05, 0.1) is 0 Å². The number of thiocarbonyl (C=S) groups is 1. The van der Waals surface area contributed by atoms with Gasteiger partial charge >= 0.3 is 0 Å². The van der Waals surface area contributed by atoms with E-state index in [-0.39, 0.29) is 11.6 Å². The van der Waals surface area contributed by atoms with E-state index < -0.39 is 5.91 Å². The number of hydrogen-bond donors (Lipinski definition) is 4. The number of primary amides is 1. The molecule has 0 saturated heterocycles. The van der Waals surface area contributed by atoms with Gasteiger partial charge in [0.25, 0.3) is 0 Å². The summed E-state index contributed by atoms with van der Waals surface area (Å²) in [6.45, 7) is 14.6. The Hall–Kier alpha value is -2.08. The Labute approximate surface area is 150 Å². The zero-order valence-corrected chi connectivity index (χ0v) is 15.9. The lowest BCUT2D eigenvalue weighted by atomic mass is 9.91. The molecule has 1 rings (SSSR count). The molecule has 1 aromatic carbocycles. The first-order valence-corrected chi connectivity index (χ1v) is 8.34. The lowest BCUT2D eigenvalue weighted by Gasteiger charge is -2.35. The molecule has 1 amide bonds. The molecule has 0 bridgehead atoms. The van der Waals surface area contributed by atoms with Crippen LogP contribution in [0.25, 0.3) is 0 Å². The van der Waals surface area contributed by atoms with Crippen LogP contribution in [-0.4, -0.2) is 17.2 Å². The van der Waals surface area contributed by atoms with Gasteiger partial charge in [-0.05, 0) is 36.3 Å². The second-order valence-corrected chi connectivity index (χ2v) is 7.58. The van der Waals surface area contributed by atoms with Gasteiger partial charge < -0.3 is 21.7 Å². The Kier molecular flexibility index (Phi) is 6.78. The van der Waals surface area contributed by atoms with Crippen molar-refractivity contribution in [2.75, 3.05) is 5.32 Å². The van der Waals surface area contributed by atoms with Gasteiger partial charge in [-0.3, -0.25) is 4.79 Å². The monoisotopic (exact) mass is 348 g/mol. The first kappa shape index (κ1) is 20.0. The van der Waals surface area contributed by atoms with Crippen molar-refractivity contribution in [2.24, 2.45) is 17.1 Å². The molecule has 0 fully saturated rings. The number of allylic oxidation sites excluding steroid dienone is 1. The summed E-state index contributed by atoms with van der Waals surface area (Å²) in [6.07, 6.45) is -0.0910. The van der Waals surface area contributed by atoms with E-state index in [1.165, 1.54) is 0 Å². The average molecular weight is 349 g/mol. The van der Waals surface area contributed by atoms with Crippen LogP contribution in [0.4, 0.5) is 5.69 Å². The Morgan fingerprint density at radius 1 is 1.25 bits per heavy atom. The Morgan fingerprint density at radius 2 is 1.88 bits per heavy atom. The largest absolute Gasteiger partial charge is 0.369 e. The van der Waals surface area contributed by atoms with Crippen molar-refractivity contribution >= 4 is 28.9 Å². The lowest BCUT2D eigenvalue weighted by Crippen LogP contribution is -2.54. The smallest absolute Gasteiger partial charge is 0.248 e. The molecule has 0 radical (unpaired) electrons. The first-order chi connectivity index (χ1) is 11.0. The van der Waals surface area contributed by atoms with Crippen LogP contribution in [0.3, 0.4) is 0 Å². The molecule has 5 nitrogen and oxygen atoms in total. The number of carbonyl (C=O) groups excluding carboxylic acids is 1. The third kappa shape index (κ3) is 6.20. The van der Waals surface area contributed by atoms with E-state index in [2.05, 4.69) is 57.1 Å². The molecule has 1 atom stereocenters. The van der Waals surface area contributed by atoms with Crippen molar-refractivity contribution in [3.8, 4) is 0 Å². The molecule has 0 spiro atoms. The zero-order valence-electron chi connectivity index (χ0n) is 15.1. The van der Waals surface area contributed by atoms with E-state index in [0.717, 1.165) is 5.70 Å². The molecule has 5 N–H and O–H groups in total. The summed E-state index contributed by atoms with van der Waals surface area (Å²) in [5.74, 6) is -0.148. The minimum atomic E-state index is -0.472. The lowest BCUT2D eigenvalue weighted by molar-refractivity contribution is 0.100. The number of carbonyl (C=O) groups is 1. The van der Waals surface area contributed by atoms with Gasteiger partial charge in [0.1, 0.15) is 6.17 Å². The molecule has 0 heterocycles. The Bertz CT molecular complexity index is 620. The summed E-state index contributed by atoms with van der Waals surface area (Å²) in [5.41, 5.74) is 7.30. The number of nitrogens with one attached hydrogen (secondary N) is 3. The normalized spacial score (nSPS) is 12.4. The van der Waals surface area contributed by atoms with E-state index in [9.17, 15) is 4.79 Å². The van der Waals surface area contributed by atoms with Crippen LogP contribution in [-0.2, 0) is 0 Å². The van der Waals surface area contributed by atoms with Crippen LogP contribution in [0, 0.1) is 11.3 Å². The molecule has 0 aliphatic rings. The number of hydrogen-bond acceptors (Lipinski definition) is 3. The van der Waals surface area contributed by atoms with Gasteiger partial charge in [-0.25, -0.2) is 0 Å². The minimum absolute atomic E-state index is 0.0847. The van der Waals surface area contributed by atoms with Gasteiger partial charge in [-0.1, -0.05) is 47.3 Å². The van der Waals surface area contributed by atoms with E-state index in [1.807, 2.05) is 6.07 Å². The number of nitrogens with two attached hydrogens (primary N) is 1. The van der Waals surface area contributed by atoms with Gasteiger partial charge in [0, 0.05) is 22.4 Å². The van der Waals surface area contributed by atoms with Gasteiger partial charge in [0.2, 0.25) is 5.91 Å². The van der Waals surface area contributed by atoms with E-state index in [0.29, 0.717) is 22.3 Å². The van der Waals surface area contributed by atoms with Gasteiger partial charge in [-0.2, -0.15) is 0 Å². The molecule has 0 aromatic heterocycles. The van der Waals surface area contributed by atoms with E-state index in [1.54, 1.807) is 18.2 Å². The predicted molar refractivity (Wildman–Crippen MR) is 105 cm³/mol. The highest BCUT2D eigenvalue weighted by molar-refractivity contribution is 7.80. The quantitative estimate of drug-likeness (QED) is 0.469. The maximum Gasteiger partial charge on any atom is 0.248 e. The maximum atomic E-state index is 11.3. The Morgan fingerprint density at radius 3 is 2.38 bits per heavy atom. The molecule has 6 heteroatoms. The SMILES string of the molecule is C=C(NC(NC(=S)Nc1cccc(C(N)=O)c1)C(C)(C)C)C(C)C. The molecular weight excluding hydrogens is 320 g/mol. The van der Waals surface area contributed by atoms with Crippen molar-refractivity contribution in [1.82, 2.24) is 10.6 Å². The van der Waals surface area contributed by atoms with Crippen LogP contribution in [0.2, 0.25) is 0 Å². The van der Waals surface area contributed by atoms with Crippen LogP contribution in [0.1, 0.15) is 45.0 Å². The zero-order chi connectivity index (χ0) is 18.5. The Balaban J connectivity index is 2.80. The van der Waals surface area contributed by atoms with Crippen LogP contribution >= 0.6 is 12.2 Å². The third-order valence-corrected chi connectivity index (χ3v) is 3.79. The molecular formula is C18H28N4OS. The van der Waals surface area contributed by atoms with Crippen molar-refractivity contribution in [2.45, 2.75) is 40.8 Å². The van der Waals surface area contributed by atoms with Crippen molar-refractivity contribution in [3.63, 3.8) is 0 Å². The van der Waals surface area contributed by atoms with Crippen molar-refractivity contribution in [3.05, 3.63) is 42.1 Å². The standard InChI is InChI=1S/C18H28N4OS/c1-11(2)12(3)20-16(18(4,5)6)22-17(24)21-14-9-7-8-13(10-14)15(19)23/h7-11,16,20H,3H2,1-2,4-6H3,(H2,19,23)(H2,21,22,24). The second kappa shape index (κ2) is 8.15. The molecule has 0 aliphatic carbocycles. The first-order valence-electron chi connectivity index (χ1n) is 7.93. The highest BCUT2D eigenvalue weighted by Crippen LogP contribution is 2.20. The number of rotatable bonds is 6.